The van der Waals surface area contributed by atoms with Crippen LogP contribution in [0.2, 0.25) is 0 Å². The summed E-state index contributed by atoms with van der Waals surface area (Å²) in [6.07, 6.45) is 89.9. The summed E-state index contributed by atoms with van der Waals surface area (Å²) in [7, 11) is 0. The number of carbonyl (C=O) groups is 1. The number of nitrogens with one attached hydrogen (secondary N) is 1. The van der Waals surface area contributed by atoms with Gasteiger partial charge in [0.25, 0.3) is 0 Å². The fourth-order valence-corrected chi connectivity index (χ4v) is 11.2. The molecule has 2 unspecified atom stereocenters. The molecule has 4 heteroatoms. The molecule has 0 aromatic heterocycles. The van der Waals surface area contributed by atoms with Crippen molar-refractivity contribution in [1.29, 1.82) is 0 Å². The molecule has 0 aliphatic rings. The fourth-order valence-electron chi connectivity index (χ4n) is 11.2. The van der Waals surface area contributed by atoms with Crippen LogP contribution in [0.3, 0.4) is 0 Å². The van der Waals surface area contributed by atoms with Gasteiger partial charge in [-0.05, 0) is 44.9 Å². The fraction of sp³-hybridized carbons (Fsp3) is 0.929. The van der Waals surface area contributed by atoms with Crippen molar-refractivity contribution < 1.29 is 15.0 Å². The SMILES string of the molecule is CCCCCCCCCCCCCCCCCCCC/C=C\CCCCCCCCCCCCCCCCCCCC(=O)NC(CO)C(O)/C=C/CCCCCCCCCCCCCCCCCCCCCCC. The van der Waals surface area contributed by atoms with E-state index in [0.717, 1.165) is 25.7 Å². The van der Waals surface area contributed by atoms with Crippen LogP contribution in [0, 0.1) is 0 Å². The lowest BCUT2D eigenvalue weighted by molar-refractivity contribution is -0.123. The van der Waals surface area contributed by atoms with Crippen molar-refractivity contribution in [2.24, 2.45) is 0 Å². The Kier molecular flexibility index (Phi) is 65.1. The summed E-state index contributed by atoms with van der Waals surface area (Å²) < 4.78 is 0. The maximum Gasteiger partial charge on any atom is 0.220 e. The Hall–Kier alpha value is -1.13. The van der Waals surface area contributed by atoms with Gasteiger partial charge in [0.2, 0.25) is 5.91 Å². The molecule has 0 aliphatic carbocycles. The summed E-state index contributed by atoms with van der Waals surface area (Å²) >= 11 is 0. The van der Waals surface area contributed by atoms with E-state index in [1.54, 1.807) is 6.08 Å². The van der Waals surface area contributed by atoms with Crippen molar-refractivity contribution in [2.45, 2.75) is 411 Å². The molecule has 74 heavy (non-hydrogen) atoms. The normalized spacial score (nSPS) is 12.8. The van der Waals surface area contributed by atoms with Crippen LogP contribution < -0.4 is 5.32 Å². The molecule has 0 heterocycles. The number of amides is 1. The van der Waals surface area contributed by atoms with Gasteiger partial charge in [-0.2, -0.15) is 0 Å². The van der Waals surface area contributed by atoms with Gasteiger partial charge < -0.3 is 15.5 Å². The zero-order chi connectivity index (χ0) is 53.4. The molecule has 0 saturated carbocycles. The predicted octanol–water partition coefficient (Wildman–Crippen LogP) is 23.4. The Labute approximate surface area is 466 Å². The van der Waals surface area contributed by atoms with Crippen LogP contribution >= 0.6 is 0 Å². The maximum atomic E-state index is 12.5. The van der Waals surface area contributed by atoms with Crippen molar-refractivity contribution in [3.05, 3.63) is 24.3 Å². The van der Waals surface area contributed by atoms with E-state index in [1.807, 2.05) is 6.08 Å². The number of aliphatic hydroxyl groups excluding tert-OH is 2. The summed E-state index contributed by atoms with van der Waals surface area (Å²) in [4.78, 5) is 12.5. The van der Waals surface area contributed by atoms with Crippen LogP contribution in [0.25, 0.3) is 0 Å². The summed E-state index contributed by atoms with van der Waals surface area (Å²) in [5.74, 6) is -0.0555. The van der Waals surface area contributed by atoms with Crippen molar-refractivity contribution in [2.75, 3.05) is 6.61 Å². The molecule has 440 valence electrons. The predicted molar refractivity (Wildman–Crippen MR) is 332 cm³/mol. The number of aliphatic hydroxyl groups is 2. The van der Waals surface area contributed by atoms with Gasteiger partial charge in [0, 0.05) is 6.42 Å². The molecule has 0 rings (SSSR count). The number of hydrogen-bond donors (Lipinski definition) is 3. The highest BCUT2D eigenvalue weighted by Gasteiger charge is 2.18. The van der Waals surface area contributed by atoms with E-state index in [-0.39, 0.29) is 12.5 Å². The molecular weight excluding hydrogens is 903 g/mol. The smallest absolute Gasteiger partial charge is 0.220 e. The third-order valence-electron chi connectivity index (χ3n) is 16.4. The molecule has 4 nitrogen and oxygen atoms in total. The monoisotopic (exact) mass is 1040 g/mol. The van der Waals surface area contributed by atoms with E-state index >= 15 is 0 Å². The van der Waals surface area contributed by atoms with Gasteiger partial charge in [-0.3, -0.25) is 4.79 Å². The lowest BCUT2D eigenvalue weighted by atomic mass is 10.0. The molecule has 0 aliphatic heterocycles. The zero-order valence-electron chi connectivity index (χ0n) is 50.9. The molecule has 0 fully saturated rings. The van der Waals surface area contributed by atoms with Crippen molar-refractivity contribution in [3.8, 4) is 0 Å². The molecule has 0 bridgehead atoms. The van der Waals surface area contributed by atoms with E-state index in [0.29, 0.717) is 6.42 Å². The Bertz CT molecular complexity index is 1090. The number of allylic oxidation sites excluding steroid dienone is 3. The Morgan fingerprint density at radius 3 is 0.743 bits per heavy atom. The van der Waals surface area contributed by atoms with Crippen molar-refractivity contribution in [1.82, 2.24) is 5.32 Å². The van der Waals surface area contributed by atoms with E-state index < -0.39 is 12.1 Å². The lowest BCUT2D eigenvalue weighted by Crippen LogP contribution is -2.45. The molecule has 2 atom stereocenters. The lowest BCUT2D eigenvalue weighted by Gasteiger charge is -2.20. The van der Waals surface area contributed by atoms with E-state index in [2.05, 4.69) is 31.3 Å². The molecule has 0 aromatic rings. The quantitative estimate of drug-likeness (QED) is 0.0420. The largest absolute Gasteiger partial charge is 0.394 e. The van der Waals surface area contributed by atoms with E-state index in [1.165, 1.54) is 353 Å². The maximum absolute atomic E-state index is 12.5. The first-order chi connectivity index (χ1) is 36.7. The van der Waals surface area contributed by atoms with Gasteiger partial charge >= 0.3 is 0 Å². The highest BCUT2D eigenvalue weighted by atomic mass is 16.3. The van der Waals surface area contributed by atoms with Gasteiger partial charge in [-0.15, -0.1) is 0 Å². The standard InChI is InChI=1S/C70H137NO3/c1-3-5-7-9-11-13-15-17-19-21-23-25-27-28-29-30-31-32-33-34-35-36-37-38-39-40-41-42-44-46-48-50-52-54-56-58-60-62-64-66-70(74)71-68(67-72)69(73)65-63-61-59-57-55-53-51-49-47-45-43-26-24-22-20-18-16-14-12-10-8-6-4-2/h34-35,63,65,68-69,72-73H,3-33,36-62,64,66-67H2,1-2H3,(H,71,74)/b35-34-,65-63+. The second-order valence-corrected chi connectivity index (χ2v) is 24.0. The Morgan fingerprint density at radius 1 is 0.311 bits per heavy atom. The van der Waals surface area contributed by atoms with Crippen LogP contribution in [-0.4, -0.2) is 34.9 Å². The minimum atomic E-state index is -0.838. The summed E-state index contributed by atoms with van der Waals surface area (Å²) in [5.41, 5.74) is 0. The highest BCUT2D eigenvalue weighted by molar-refractivity contribution is 5.76. The first kappa shape index (κ1) is 72.9. The van der Waals surface area contributed by atoms with Gasteiger partial charge in [0.1, 0.15) is 0 Å². The number of unbranched alkanes of at least 4 members (excludes halogenated alkanes) is 56. The van der Waals surface area contributed by atoms with Crippen molar-refractivity contribution >= 4 is 5.91 Å². The molecule has 0 radical (unpaired) electrons. The molecule has 3 N–H and O–H groups in total. The van der Waals surface area contributed by atoms with Gasteiger partial charge in [-0.25, -0.2) is 0 Å². The molecular formula is C70H137NO3. The number of carbonyl (C=O) groups excluding carboxylic acids is 1. The third-order valence-corrected chi connectivity index (χ3v) is 16.4. The van der Waals surface area contributed by atoms with Crippen LogP contribution in [-0.2, 0) is 4.79 Å². The third kappa shape index (κ3) is 61.7. The second kappa shape index (κ2) is 66.2. The Balaban J connectivity index is 3.39. The first-order valence-electron chi connectivity index (χ1n) is 34.6. The summed E-state index contributed by atoms with van der Waals surface area (Å²) in [5, 5.41) is 23.3. The van der Waals surface area contributed by atoms with Crippen molar-refractivity contribution in [3.63, 3.8) is 0 Å². The molecule has 0 aromatic carbocycles. The minimum absolute atomic E-state index is 0.0555. The van der Waals surface area contributed by atoms with Crippen LogP contribution in [0.4, 0.5) is 0 Å². The molecule has 0 saturated heterocycles. The van der Waals surface area contributed by atoms with Crippen LogP contribution in [0.1, 0.15) is 399 Å². The minimum Gasteiger partial charge on any atom is -0.394 e. The van der Waals surface area contributed by atoms with Gasteiger partial charge in [0.15, 0.2) is 0 Å². The average Bonchev–Trinajstić information content (AvgIpc) is 3.40. The molecule has 0 spiro atoms. The van der Waals surface area contributed by atoms with E-state index in [4.69, 9.17) is 0 Å². The van der Waals surface area contributed by atoms with Crippen LogP contribution in [0.15, 0.2) is 24.3 Å². The molecule has 1 amide bonds. The van der Waals surface area contributed by atoms with Gasteiger partial charge in [-0.1, -0.05) is 372 Å². The highest BCUT2D eigenvalue weighted by Crippen LogP contribution is 2.19. The van der Waals surface area contributed by atoms with Gasteiger partial charge in [0.05, 0.1) is 18.8 Å². The summed E-state index contributed by atoms with van der Waals surface area (Å²) in [6, 6.07) is -0.621. The topological polar surface area (TPSA) is 69.6 Å². The Morgan fingerprint density at radius 2 is 0.514 bits per heavy atom. The number of hydrogen-bond acceptors (Lipinski definition) is 3. The zero-order valence-corrected chi connectivity index (χ0v) is 50.9. The number of rotatable bonds is 65. The average molecular weight is 1040 g/mol. The van der Waals surface area contributed by atoms with Crippen LogP contribution in [0.5, 0.6) is 0 Å². The second-order valence-electron chi connectivity index (χ2n) is 24.0. The first-order valence-corrected chi connectivity index (χ1v) is 34.6. The van der Waals surface area contributed by atoms with E-state index in [9.17, 15) is 15.0 Å². The summed E-state index contributed by atoms with van der Waals surface area (Å²) in [6.45, 7) is 4.36.